The monoisotopic (exact) mass is 1320 g/mol. The van der Waals surface area contributed by atoms with Crippen molar-refractivity contribution >= 4 is 50.2 Å². The van der Waals surface area contributed by atoms with Gasteiger partial charge in [-0.2, -0.15) is 0 Å². The minimum absolute atomic E-state index is 0.0947. The Kier molecular flexibility index (Phi) is 19.6. The van der Waals surface area contributed by atoms with Crippen molar-refractivity contribution in [3.05, 3.63) is 320 Å². The summed E-state index contributed by atoms with van der Waals surface area (Å²) in [4.78, 5) is 18.2. The zero-order chi connectivity index (χ0) is 68.5. The molecule has 0 spiro atoms. The van der Waals surface area contributed by atoms with Gasteiger partial charge in [-0.3, -0.25) is 13.7 Å². The first kappa shape index (κ1) is 65.8. The van der Waals surface area contributed by atoms with Gasteiger partial charge in [0.1, 0.15) is 17.5 Å². The molecule has 7 heteroatoms. The second kappa shape index (κ2) is 30.1. The van der Waals surface area contributed by atoms with E-state index in [9.17, 15) is 0 Å². The van der Waals surface area contributed by atoms with Crippen LogP contribution in [0.2, 0.25) is 0 Å². The predicted molar refractivity (Wildman–Crippen MR) is 425 cm³/mol. The third-order valence-corrected chi connectivity index (χ3v) is 20.6. The Labute approximate surface area is 596 Å². The van der Waals surface area contributed by atoms with E-state index in [1.807, 2.05) is 36.4 Å². The van der Waals surface area contributed by atoms with Crippen LogP contribution in [0.1, 0.15) is 126 Å². The summed E-state index contributed by atoms with van der Waals surface area (Å²) in [6, 6.07) is 106. The predicted octanol–water partition coefficient (Wildman–Crippen LogP) is 25.9. The summed E-state index contributed by atoms with van der Waals surface area (Å²) in [5, 5.41) is 0. The molecule has 0 saturated carbocycles. The Morgan fingerprint density at radius 2 is 0.653 bits per heavy atom. The van der Waals surface area contributed by atoms with Crippen molar-refractivity contribution in [1.29, 1.82) is 0 Å². The van der Waals surface area contributed by atoms with E-state index >= 15 is 0 Å². The normalized spacial score (nSPS) is 12.2. The third-order valence-electron chi connectivity index (χ3n) is 20.6. The second-order valence-electron chi connectivity index (χ2n) is 27.6. The number of nitrogens with zero attached hydrogens (tertiary/aromatic N) is 7. The van der Waals surface area contributed by atoms with Crippen molar-refractivity contribution < 1.29 is 0 Å². The van der Waals surface area contributed by atoms with Crippen LogP contribution in [0.4, 0.5) is 17.1 Å². The molecule has 0 atom stereocenters. The van der Waals surface area contributed by atoms with E-state index in [1.54, 1.807) is 11.1 Å². The van der Waals surface area contributed by atoms with Gasteiger partial charge in [0.25, 0.3) is 0 Å². The van der Waals surface area contributed by atoms with Gasteiger partial charge in [0, 0.05) is 56.2 Å². The van der Waals surface area contributed by atoms with Crippen LogP contribution in [-0.4, -0.2) is 28.7 Å². The molecule has 0 saturated heterocycles. The molecule has 12 aromatic carbocycles. The summed E-state index contributed by atoms with van der Waals surface area (Å²) in [6.45, 7) is 9.09. The van der Waals surface area contributed by atoms with E-state index in [0.717, 1.165) is 84.3 Å². The molecular weight excluding hydrogens is 1230 g/mol. The maximum absolute atomic E-state index is 5.28. The van der Waals surface area contributed by atoms with Crippen LogP contribution in [0.3, 0.4) is 0 Å². The molecule has 101 heavy (non-hydrogen) atoms. The van der Waals surface area contributed by atoms with Crippen LogP contribution < -0.4 is 4.90 Å². The van der Waals surface area contributed by atoms with Gasteiger partial charge >= 0.3 is 0 Å². The van der Waals surface area contributed by atoms with Gasteiger partial charge in [0.05, 0.1) is 33.1 Å². The molecule has 1 aliphatic carbocycles. The zero-order valence-electron chi connectivity index (χ0n) is 58.8. The smallest absolute Gasteiger partial charge is 0.145 e. The fourth-order valence-corrected chi connectivity index (χ4v) is 15.6. The minimum Gasteiger partial charge on any atom is -0.310 e. The lowest BCUT2D eigenvalue weighted by atomic mass is 9.70. The summed E-state index contributed by atoms with van der Waals surface area (Å²) in [6.07, 6.45) is 18.6. The van der Waals surface area contributed by atoms with E-state index in [-0.39, 0.29) is 5.41 Å². The van der Waals surface area contributed by atoms with E-state index in [4.69, 9.17) is 15.0 Å². The first-order valence-electron chi connectivity index (χ1n) is 36.9. The minimum atomic E-state index is 0.0947. The van der Waals surface area contributed by atoms with Gasteiger partial charge < -0.3 is 4.90 Å². The Hall–Kier alpha value is -11.2. The van der Waals surface area contributed by atoms with Gasteiger partial charge in [-0.05, 0) is 199 Å². The summed E-state index contributed by atoms with van der Waals surface area (Å²) in [5.74, 6) is 2.53. The largest absolute Gasteiger partial charge is 0.310 e. The van der Waals surface area contributed by atoms with Crippen molar-refractivity contribution in [1.82, 2.24) is 28.7 Å². The number of aryl methyl sites for hydroxylation is 2. The standard InChI is InChI=1S/C49H59N.C45H30N6/c1-5-7-9-11-13-18-33-49(34-19-14-12-10-8-6-2)47-36-39(4)25-31-45(47)46-32-28-41(37-48(46)49)40-26-29-43(30-27-40)50(42-22-16-15-17-23-42)44-24-20-21-38(3)35-44;1-4-16-34(17-5-1)49-40-25-13-10-22-37(40)46-43(49)31-28-32(44-47-38-23-11-14-26-41(38)50(44)35-18-6-2-7-19-35)30-33(29-31)45-48-39-24-12-15-27-42(39)51(45)36-20-8-3-9-21-36/h15-17,20-32,35-37H,5-14,18-19,33-34H2,1-4H3;1-30H. The topological polar surface area (TPSA) is 56.7 Å². The molecule has 0 unspecified atom stereocenters. The first-order chi connectivity index (χ1) is 49.8. The molecular formula is C94H89N7. The molecule has 0 bridgehead atoms. The highest BCUT2D eigenvalue weighted by Gasteiger charge is 2.42. The highest BCUT2D eigenvalue weighted by atomic mass is 15.1. The van der Waals surface area contributed by atoms with Gasteiger partial charge in [0.2, 0.25) is 0 Å². The molecule has 500 valence electrons. The second-order valence-corrected chi connectivity index (χ2v) is 27.6. The van der Waals surface area contributed by atoms with E-state index < -0.39 is 0 Å². The Morgan fingerprint density at radius 3 is 1.11 bits per heavy atom. The number of hydrogen-bond acceptors (Lipinski definition) is 4. The van der Waals surface area contributed by atoms with Crippen LogP contribution in [0.15, 0.2) is 297 Å². The van der Waals surface area contributed by atoms with E-state index in [0.29, 0.717) is 0 Å². The average molecular weight is 1320 g/mol. The van der Waals surface area contributed by atoms with Gasteiger partial charge in [-0.25, -0.2) is 15.0 Å². The maximum atomic E-state index is 5.28. The molecule has 0 radical (unpaired) electrons. The summed E-state index contributed by atoms with van der Waals surface area (Å²) in [7, 11) is 0. The number of para-hydroxylation sites is 10. The number of hydrogen-bond donors (Lipinski definition) is 0. The summed E-state index contributed by atoms with van der Waals surface area (Å²) < 4.78 is 6.75. The number of rotatable bonds is 24. The molecule has 16 rings (SSSR count). The molecule has 0 fully saturated rings. The lowest BCUT2D eigenvalue weighted by Gasteiger charge is -2.33. The van der Waals surface area contributed by atoms with Crippen molar-refractivity contribution in [2.24, 2.45) is 0 Å². The molecule has 0 N–H and O–H groups in total. The van der Waals surface area contributed by atoms with Gasteiger partial charge in [0.15, 0.2) is 0 Å². The quantitative estimate of drug-likeness (QED) is 0.0566. The average Bonchev–Trinajstić information content (AvgIpc) is 1.57. The van der Waals surface area contributed by atoms with Crippen LogP contribution in [0.25, 0.3) is 107 Å². The van der Waals surface area contributed by atoms with Crippen molar-refractivity contribution in [2.45, 2.75) is 123 Å². The number of aromatic nitrogens is 6. The van der Waals surface area contributed by atoms with E-state index in [1.165, 1.54) is 140 Å². The van der Waals surface area contributed by atoms with E-state index in [2.05, 4.69) is 307 Å². The van der Waals surface area contributed by atoms with Gasteiger partial charge in [-0.1, -0.05) is 260 Å². The first-order valence-corrected chi connectivity index (χ1v) is 36.9. The van der Waals surface area contributed by atoms with Crippen LogP contribution in [-0.2, 0) is 5.41 Å². The van der Waals surface area contributed by atoms with Crippen LogP contribution in [0, 0.1) is 13.8 Å². The Morgan fingerprint density at radius 1 is 0.287 bits per heavy atom. The zero-order valence-corrected chi connectivity index (χ0v) is 58.8. The molecule has 3 aromatic heterocycles. The lowest BCUT2D eigenvalue weighted by Crippen LogP contribution is -2.25. The third kappa shape index (κ3) is 13.6. The summed E-state index contributed by atoms with van der Waals surface area (Å²) in [5.41, 5.74) is 26.9. The van der Waals surface area contributed by atoms with Crippen molar-refractivity contribution in [3.8, 4) is 73.5 Å². The molecule has 0 amide bonds. The maximum Gasteiger partial charge on any atom is 0.145 e. The molecule has 0 aliphatic heterocycles. The van der Waals surface area contributed by atoms with Gasteiger partial charge in [-0.15, -0.1) is 0 Å². The number of anilines is 3. The fraction of sp³-hybridized carbons (Fsp3) is 0.202. The molecule has 7 nitrogen and oxygen atoms in total. The Bertz CT molecular complexity index is 4950. The number of fused-ring (bicyclic) bond motifs is 6. The fourth-order valence-electron chi connectivity index (χ4n) is 15.6. The number of unbranched alkanes of at least 4 members (excludes halogenated alkanes) is 10. The van der Waals surface area contributed by atoms with Crippen LogP contribution in [0.5, 0.6) is 0 Å². The molecule has 3 heterocycles. The summed E-state index contributed by atoms with van der Waals surface area (Å²) >= 11 is 0. The highest BCUT2D eigenvalue weighted by Crippen LogP contribution is 2.55. The molecule has 15 aromatic rings. The Balaban J connectivity index is 0.000000164. The number of imidazole rings is 3. The van der Waals surface area contributed by atoms with Crippen LogP contribution >= 0.6 is 0 Å². The van der Waals surface area contributed by atoms with Crippen molar-refractivity contribution in [3.63, 3.8) is 0 Å². The lowest BCUT2D eigenvalue weighted by molar-refractivity contribution is 0.398. The highest BCUT2D eigenvalue weighted by molar-refractivity contribution is 5.91. The SMILES string of the molecule is CCCCCCCCC1(CCCCCCCC)c2cc(C)ccc2-c2ccc(-c3ccc(N(c4ccccc4)c4cccc(C)c4)cc3)cc21.c1ccc(-n2c(-c3cc(-c4nc5ccccc5n4-c4ccccc4)cc(-c4nc5ccccc5n4-c4ccccc4)c3)nc3ccccc32)cc1. The number of benzene rings is 12. The van der Waals surface area contributed by atoms with Crippen molar-refractivity contribution in [2.75, 3.05) is 4.90 Å². The molecule has 1 aliphatic rings.